The van der Waals surface area contributed by atoms with E-state index in [9.17, 15) is 18.6 Å². The Bertz CT molecular complexity index is 443. The van der Waals surface area contributed by atoms with Gasteiger partial charge in [-0.15, -0.1) is 0 Å². The average molecular weight is 263 g/mol. The zero-order valence-electron chi connectivity index (χ0n) is 8.31. The number of benzene rings is 1. The minimum Gasteiger partial charge on any atom is -0.389 e. The van der Waals surface area contributed by atoms with Crippen LogP contribution >= 0.6 is 12.6 Å². The highest BCUT2D eigenvalue weighted by molar-refractivity contribution is 7.89. The maximum absolute atomic E-state index is 11.0. The van der Waals surface area contributed by atoms with E-state index in [1.807, 2.05) is 0 Å². The van der Waals surface area contributed by atoms with Crippen molar-refractivity contribution in [1.29, 1.82) is 0 Å². The molecule has 5 nitrogen and oxygen atoms in total. The van der Waals surface area contributed by atoms with Gasteiger partial charge in [0.05, 0.1) is 11.0 Å². The van der Waals surface area contributed by atoms with Gasteiger partial charge in [0.2, 0.25) is 10.0 Å². The van der Waals surface area contributed by atoms with Gasteiger partial charge < -0.3 is 10.2 Å². The summed E-state index contributed by atoms with van der Waals surface area (Å²) in [4.78, 5) is -0.0381. The molecule has 0 amide bonds. The summed E-state index contributed by atoms with van der Waals surface area (Å²) in [5.74, 6) is 0.109. The zero-order chi connectivity index (χ0) is 12.3. The Morgan fingerprint density at radius 1 is 1.25 bits per heavy atom. The first kappa shape index (κ1) is 13.5. The highest BCUT2D eigenvalue weighted by Gasteiger charge is 2.17. The van der Waals surface area contributed by atoms with E-state index in [-0.39, 0.29) is 10.6 Å². The normalized spacial score (nSPS) is 15.8. The molecule has 0 saturated carbocycles. The summed E-state index contributed by atoms with van der Waals surface area (Å²) in [7, 11) is -3.73. The van der Waals surface area contributed by atoms with Crippen molar-refractivity contribution in [3.05, 3.63) is 29.8 Å². The SMILES string of the molecule is NS(=O)(=O)c1ccc(C(O)C(O)CS)cc1. The monoisotopic (exact) mass is 263 g/mol. The second kappa shape index (κ2) is 5.15. The molecular formula is C9H13NO4S2. The number of thiol groups is 1. The predicted octanol–water partition coefficient (Wildman–Crippen LogP) is -0.342. The Morgan fingerprint density at radius 2 is 1.75 bits per heavy atom. The standard InChI is InChI=1S/C9H13NO4S2/c10-16(13,14)7-3-1-6(2-4-7)9(12)8(11)5-15/h1-4,8-9,11-12,15H,5H2,(H2,10,13,14). The Labute approximate surface area is 99.4 Å². The van der Waals surface area contributed by atoms with Crippen LogP contribution in [0, 0.1) is 0 Å². The Hall–Kier alpha value is -0.600. The van der Waals surface area contributed by atoms with E-state index in [1.54, 1.807) is 0 Å². The number of primary sulfonamides is 1. The lowest BCUT2D eigenvalue weighted by atomic mass is 10.1. The summed E-state index contributed by atoms with van der Waals surface area (Å²) in [5.41, 5.74) is 0.411. The van der Waals surface area contributed by atoms with E-state index in [0.717, 1.165) is 0 Å². The molecule has 1 rings (SSSR count). The molecular weight excluding hydrogens is 250 g/mol. The van der Waals surface area contributed by atoms with E-state index in [2.05, 4.69) is 12.6 Å². The van der Waals surface area contributed by atoms with Crippen LogP contribution in [0.2, 0.25) is 0 Å². The van der Waals surface area contributed by atoms with Crippen LogP contribution in [0.15, 0.2) is 29.2 Å². The summed E-state index contributed by atoms with van der Waals surface area (Å²) in [6.07, 6.45) is -2.09. The van der Waals surface area contributed by atoms with E-state index in [1.165, 1.54) is 24.3 Å². The maximum Gasteiger partial charge on any atom is 0.238 e. The maximum atomic E-state index is 11.0. The van der Waals surface area contributed by atoms with Crippen molar-refractivity contribution in [2.75, 3.05) is 5.75 Å². The van der Waals surface area contributed by atoms with Crippen LogP contribution in [-0.4, -0.2) is 30.5 Å². The third kappa shape index (κ3) is 3.19. The first-order valence-corrected chi connectivity index (χ1v) is 6.64. The first-order valence-electron chi connectivity index (χ1n) is 4.46. The number of aliphatic hydroxyl groups is 2. The molecule has 7 heteroatoms. The van der Waals surface area contributed by atoms with Gasteiger partial charge in [0.1, 0.15) is 6.10 Å². The number of aliphatic hydroxyl groups excluding tert-OH is 2. The molecule has 0 heterocycles. The van der Waals surface area contributed by atoms with E-state index < -0.39 is 22.2 Å². The van der Waals surface area contributed by atoms with Crippen LogP contribution < -0.4 is 5.14 Å². The summed E-state index contributed by atoms with van der Waals surface area (Å²) < 4.78 is 21.9. The first-order chi connectivity index (χ1) is 7.36. The summed E-state index contributed by atoms with van der Waals surface area (Å²) in [6, 6.07) is 5.35. The van der Waals surface area contributed by atoms with Crippen molar-refractivity contribution in [3.63, 3.8) is 0 Å². The van der Waals surface area contributed by atoms with Gasteiger partial charge in [-0.2, -0.15) is 12.6 Å². The van der Waals surface area contributed by atoms with Gasteiger partial charge in [0.25, 0.3) is 0 Å². The Balaban J connectivity index is 2.96. The third-order valence-electron chi connectivity index (χ3n) is 2.10. The fourth-order valence-electron chi connectivity index (χ4n) is 1.18. The van der Waals surface area contributed by atoms with Gasteiger partial charge in [-0.3, -0.25) is 0 Å². The van der Waals surface area contributed by atoms with Crippen molar-refractivity contribution in [2.45, 2.75) is 17.1 Å². The van der Waals surface area contributed by atoms with Crippen LogP contribution in [0.25, 0.3) is 0 Å². The van der Waals surface area contributed by atoms with E-state index >= 15 is 0 Å². The second-order valence-corrected chi connectivity index (χ2v) is 5.24. The largest absolute Gasteiger partial charge is 0.389 e. The lowest BCUT2D eigenvalue weighted by Gasteiger charge is -2.16. The molecule has 0 fully saturated rings. The lowest BCUT2D eigenvalue weighted by molar-refractivity contribution is 0.0337. The van der Waals surface area contributed by atoms with Crippen LogP contribution in [0.3, 0.4) is 0 Å². The Morgan fingerprint density at radius 3 is 2.12 bits per heavy atom. The number of hydrogen-bond donors (Lipinski definition) is 4. The smallest absolute Gasteiger partial charge is 0.238 e. The molecule has 1 aromatic carbocycles. The molecule has 2 atom stereocenters. The van der Waals surface area contributed by atoms with Gasteiger partial charge >= 0.3 is 0 Å². The van der Waals surface area contributed by atoms with Crippen molar-refractivity contribution < 1.29 is 18.6 Å². The molecule has 4 N–H and O–H groups in total. The molecule has 0 radical (unpaired) electrons. The lowest BCUT2D eigenvalue weighted by Crippen LogP contribution is -2.20. The van der Waals surface area contributed by atoms with Crippen LogP contribution in [0.4, 0.5) is 0 Å². The molecule has 16 heavy (non-hydrogen) atoms. The number of nitrogens with two attached hydrogens (primary N) is 1. The second-order valence-electron chi connectivity index (χ2n) is 3.31. The summed E-state index contributed by atoms with van der Waals surface area (Å²) >= 11 is 3.85. The van der Waals surface area contributed by atoms with Crippen molar-refractivity contribution >= 4 is 22.7 Å². The number of rotatable bonds is 4. The summed E-state index contributed by atoms with van der Waals surface area (Å²) in [6.45, 7) is 0. The predicted molar refractivity (Wildman–Crippen MR) is 62.6 cm³/mol. The van der Waals surface area contributed by atoms with Crippen molar-refractivity contribution in [1.82, 2.24) is 0 Å². The van der Waals surface area contributed by atoms with Crippen molar-refractivity contribution in [3.8, 4) is 0 Å². The molecule has 0 spiro atoms. The molecule has 0 aliphatic rings. The minimum absolute atomic E-state index is 0.0381. The molecule has 90 valence electrons. The summed E-state index contributed by atoms with van der Waals surface area (Å²) in [5, 5.41) is 23.9. The van der Waals surface area contributed by atoms with Gasteiger partial charge in [0.15, 0.2) is 0 Å². The van der Waals surface area contributed by atoms with Crippen LogP contribution in [-0.2, 0) is 10.0 Å². The highest BCUT2D eigenvalue weighted by Crippen LogP contribution is 2.19. The van der Waals surface area contributed by atoms with Gasteiger partial charge in [-0.05, 0) is 17.7 Å². The number of hydrogen-bond acceptors (Lipinski definition) is 5. The molecule has 0 aliphatic carbocycles. The fourth-order valence-corrected chi connectivity index (χ4v) is 1.89. The number of sulfonamides is 1. The molecule has 0 aromatic heterocycles. The molecule has 2 unspecified atom stereocenters. The Kier molecular flexibility index (Phi) is 4.34. The average Bonchev–Trinajstić information content (AvgIpc) is 2.26. The molecule has 0 saturated heterocycles. The van der Waals surface area contributed by atoms with Gasteiger partial charge in [0, 0.05) is 5.75 Å². The van der Waals surface area contributed by atoms with Crippen LogP contribution in [0.5, 0.6) is 0 Å². The fraction of sp³-hybridized carbons (Fsp3) is 0.333. The van der Waals surface area contributed by atoms with E-state index in [4.69, 9.17) is 5.14 Å². The topological polar surface area (TPSA) is 101 Å². The minimum atomic E-state index is -3.73. The quantitative estimate of drug-likeness (QED) is 0.558. The van der Waals surface area contributed by atoms with E-state index in [0.29, 0.717) is 5.56 Å². The highest BCUT2D eigenvalue weighted by atomic mass is 32.2. The van der Waals surface area contributed by atoms with Crippen molar-refractivity contribution in [2.24, 2.45) is 5.14 Å². The molecule has 0 aliphatic heterocycles. The van der Waals surface area contributed by atoms with Gasteiger partial charge in [-0.25, -0.2) is 13.6 Å². The van der Waals surface area contributed by atoms with Crippen LogP contribution in [0.1, 0.15) is 11.7 Å². The third-order valence-corrected chi connectivity index (χ3v) is 3.41. The molecule has 1 aromatic rings. The van der Waals surface area contributed by atoms with Gasteiger partial charge in [-0.1, -0.05) is 12.1 Å². The molecule has 0 bridgehead atoms. The zero-order valence-corrected chi connectivity index (χ0v) is 10.0.